The summed E-state index contributed by atoms with van der Waals surface area (Å²) in [6.07, 6.45) is 20.9. The normalized spacial score (nSPS) is 33.0. The number of ether oxygens (including phenoxy) is 3. The van der Waals surface area contributed by atoms with Gasteiger partial charge in [0.15, 0.2) is 6.29 Å². The lowest BCUT2D eigenvalue weighted by atomic mass is 9.85. The monoisotopic (exact) mass is 790 g/mol. The van der Waals surface area contributed by atoms with Gasteiger partial charge in [-0.15, -0.1) is 0 Å². The van der Waals surface area contributed by atoms with Gasteiger partial charge in [0.25, 0.3) is 0 Å². The molecule has 2 saturated heterocycles. The quantitative estimate of drug-likeness (QED) is 0.0359. The lowest BCUT2D eigenvalue weighted by molar-refractivity contribution is -0.302. The third-order valence-corrected chi connectivity index (χ3v) is 14.6. The van der Waals surface area contributed by atoms with Crippen molar-refractivity contribution in [1.29, 1.82) is 0 Å². The molecule has 14 atom stereocenters. The molecule has 0 aromatic heterocycles. The first kappa shape index (κ1) is 46.3. The molecule has 0 spiro atoms. The van der Waals surface area contributed by atoms with Crippen molar-refractivity contribution in [2.45, 2.75) is 222 Å². The molecular weight excluding hydrogens is 711 g/mol. The molecule has 0 aromatic carbocycles. The van der Waals surface area contributed by atoms with E-state index in [0.717, 1.165) is 69.1 Å². The summed E-state index contributed by atoms with van der Waals surface area (Å²) in [6.45, 7) is 1.31. The van der Waals surface area contributed by atoms with Crippen molar-refractivity contribution in [3.8, 4) is 0 Å². The molecular formula is C42H79NO10S. The Bertz CT molecular complexity index is 1140. The van der Waals surface area contributed by atoms with Crippen LogP contribution in [0.5, 0.6) is 0 Å². The minimum atomic E-state index is -2.74. The van der Waals surface area contributed by atoms with Crippen molar-refractivity contribution in [1.82, 2.24) is 0 Å². The molecule has 12 heteroatoms. The number of fused-ring (bicyclic) bond motifs is 5. The molecule has 0 radical (unpaired) electrons. The van der Waals surface area contributed by atoms with Gasteiger partial charge in [0.1, 0.15) is 36.6 Å². The molecule has 0 aromatic rings. The summed E-state index contributed by atoms with van der Waals surface area (Å²) in [5.41, 5.74) is 0. The molecule has 318 valence electrons. The molecule has 2 heterocycles. The number of aliphatic hydroxyl groups is 6. The van der Waals surface area contributed by atoms with Gasteiger partial charge < -0.3 is 44.8 Å². The van der Waals surface area contributed by atoms with Crippen molar-refractivity contribution < 1.29 is 49.1 Å². The summed E-state index contributed by atoms with van der Waals surface area (Å²) in [5, 5.41) is 62.6. The van der Waals surface area contributed by atoms with Gasteiger partial charge in [0.05, 0.1) is 31.5 Å². The van der Waals surface area contributed by atoms with E-state index < -0.39 is 65.3 Å². The Balaban J connectivity index is 1.15. The van der Waals surface area contributed by atoms with Gasteiger partial charge >= 0.3 is 0 Å². The van der Waals surface area contributed by atoms with Gasteiger partial charge in [-0.05, 0) is 43.4 Å². The van der Waals surface area contributed by atoms with Crippen LogP contribution in [0.25, 0.3) is 0 Å². The predicted molar refractivity (Wildman–Crippen MR) is 212 cm³/mol. The molecule has 4 rings (SSSR count). The second kappa shape index (κ2) is 24.5. The van der Waals surface area contributed by atoms with Crippen LogP contribution in [0, 0.1) is 17.8 Å². The number of epoxide rings is 1. The molecule has 4 aliphatic rings. The zero-order valence-corrected chi connectivity index (χ0v) is 34.6. The number of hydrogen-bond acceptors (Lipinski definition) is 11. The Morgan fingerprint density at radius 1 is 0.722 bits per heavy atom. The van der Waals surface area contributed by atoms with E-state index in [-0.39, 0.29) is 6.61 Å². The van der Waals surface area contributed by atoms with Crippen LogP contribution in [0.1, 0.15) is 161 Å². The summed E-state index contributed by atoms with van der Waals surface area (Å²) in [5.74, 6) is 2.97. The minimum absolute atomic E-state index is 0.332. The topological polar surface area (TPSA) is 182 Å². The maximum atomic E-state index is 13.7. The van der Waals surface area contributed by atoms with Crippen molar-refractivity contribution in [2.75, 3.05) is 25.2 Å². The highest BCUT2D eigenvalue weighted by molar-refractivity contribution is 7.92. The molecule has 0 amide bonds. The van der Waals surface area contributed by atoms with Gasteiger partial charge in [0, 0.05) is 21.7 Å². The summed E-state index contributed by atoms with van der Waals surface area (Å²) in [4.78, 5) is 0. The highest BCUT2D eigenvalue weighted by Crippen LogP contribution is 2.59. The Hall–Kier alpha value is -0.410. The molecule has 2 aliphatic heterocycles. The standard InChI is InChI=1S/C42H79NO10S/c1-3-4-5-6-7-8-9-10-11-15-18-21-24-34(45)36(46)33(29-51-42-39(49)38(48)37(47)35(28-44)52-42)43-54(2,50)25-22-19-16-13-12-14-17-20-23-30-26-31-27-32(30)41-40(31)53-41/h30-42,44-49H,3-29H2,1-2H3/t30-,31+,32+,33-,34+,35?,36-,37?,38?,39?,40-,41+,42?,54?/m0/s1. The first-order valence-electron chi connectivity index (χ1n) is 22.2. The summed E-state index contributed by atoms with van der Waals surface area (Å²) in [6, 6.07) is -1.07. The first-order valence-corrected chi connectivity index (χ1v) is 24.3. The Kier molecular flexibility index (Phi) is 21.0. The Morgan fingerprint density at radius 3 is 1.87 bits per heavy atom. The van der Waals surface area contributed by atoms with Crippen LogP contribution in [0.4, 0.5) is 0 Å². The maximum Gasteiger partial charge on any atom is 0.186 e. The summed E-state index contributed by atoms with van der Waals surface area (Å²) >= 11 is 0. The lowest BCUT2D eigenvalue weighted by Crippen LogP contribution is -2.59. The fourth-order valence-corrected chi connectivity index (χ4v) is 11.1. The van der Waals surface area contributed by atoms with E-state index in [1.54, 1.807) is 6.26 Å². The van der Waals surface area contributed by atoms with Crippen LogP contribution in [-0.2, 0) is 23.9 Å². The molecule has 4 fully saturated rings. The van der Waals surface area contributed by atoms with Crippen molar-refractivity contribution in [3.05, 3.63) is 0 Å². The summed E-state index contributed by atoms with van der Waals surface area (Å²) in [7, 11) is -2.74. The number of unbranched alkanes of at least 4 members (excludes halogenated alkanes) is 18. The number of aliphatic hydroxyl groups excluding tert-OH is 6. The fraction of sp³-hybridized carbons (Fsp3) is 1.00. The zero-order valence-electron chi connectivity index (χ0n) is 33.8. The molecule has 54 heavy (non-hydrogen) atoms. The second-order valence-corrected chi connectivity index (χ2v) is 20.0. The van der Waals surface area contributed by atoms with Gasteiger partial charge in [-0.3, -0.25) is 4.21 Å². The van der Waals surface area contributed by atoms with Crippen LogP contribution in [-0.4, -0.2) is 121 Å². The van der Waals surface area contributed by atoms with Crippen molar-refractivity contribution in [3.63, 3.8) is 0 Å². The minimum Gasteiger partial charge on any atom is -0.394 e. The van der Waals surface area contributed by atoms with Gasteiger partial charge in [0.2, 0.25) is 0 Å². The van der Waals surface area contributed by atoms with E-state index in [9.17, 15) is 34.8 Å². The van der Waals surface area contributed by atoms with E-state index in [4.69, 9.17) is 14.2 Å². The number of hydrogen-bond donors (Lipinski definition) is 6. The maximum absolute atomic E-state index is 13.7. The molecule has 2 bridgehead atoms. The van der Waals surface area contributed by atoms with E-state index in [2.05, 4.69) is 11.3 Å². The van der Waals surface area contributed by atoms with Crippen LogP contribution in [0.2, 0.25) is 0 Å². The number of nitrogens with zero attached hydrogens (tertiary/aromatic N) is 1. The first-order chi connectivity index (χ1) is 26.1. The van der Waals surface area contributed by atoms with Gasteiger partial charge in [-0.25, -0.2) is 4.36 Å². The van der Waals surface area contributed by atoms with Gasteiger partial charge in [-0.2, -0.15) is 0 Å². The summed E-state index contributed by atoms with van der Waals surface area (Å²) < 4.78 is 35.3. The zero-order chi connectivity index (χ0) is 38.9. The SMILES string of the molecule is CCCCCCCCCCCCCC[C@@H](O)[C@@H](O)[C@H](COC1OC(CO)C(O)C(O)C1O)N=S(C)(=O)CCCCCCCCCC[C@H]1C[C@@H]2C[C@H]1[C@H]1O[C@@H]21. The Morgan fingerprint density at radius 2 is 1.30 bits per heavy atom. The van der Waals surface area contributed by atoms with E-state index >= 15 is 0 Å². The van der Waals surface area contributed by atoms with E-state index in [1.165, 1.54) is 96.3 Å². The largest absolute Gasteiger partial charge is 0.394 e. The molecule has 11 nitrogen and oxygen atoms in total. The molecule has 2 aliphatic carbocycles. The third kappa shape index (κ3) is 15.1. The smallest absolute Gasteiger partial charge is 0.186 e. The van der Waals surface area contributed by atoms with Gasteiger partial charge in [-0.1, -0.05) is 135 Å². The highest BCUT2D eigenvalue weighted by atomic mass is 32.2. The Labute approximate surface area is 327 Å². The molecule has 2 saturated carbocycles. The average molecular weight is 790 g/mol. The lowest BCUT2D eigenvalue weighted by Gasteiger charge is -2.40. The van der Waals surface area contributed by atoms with E-state index in [1.807, 2.05) is 0 Å². The second-order valence-electron chi connectivity index (χ2n) is 17.4. The van der Waals surface area contributed by atoms with Crippen LogP contribution < -0.4 is 0 Å². The van der Waals surface area contributed by atoms with Crippen LogP contribution >= 0.6 is 0 Å². The van der Waals surface area contributed by atoms with Crippen LogP contribution in [0.15, 0.2) is 4.36 Å². The average Bonchev–Trinajstić information content (AvgIpc) is 3.76. The van der Waals surface area contributed by atoms with Crippen molar-refractivity contribution in [2.24, 2.45) is 22.1 Å². The fourth-order valence-electron chi connectivity index (χ4n) is 9.45. The third-order valence-electron chi connectivity index (χ3n) is 12.9. The predicted octanol–water partition coefficient (Wildman–Crippen LogP) is 6.02. The van der Waals surface area contributed by atoms with Crippen LogP contribution in [0.3, 0.4) is 0 Å². The molecule has 6 N–H and O–H groups in total. The highest BCUT2D eigenvalue weighted by Gasteiger charge is 2.62. The molecule has 6 unspecified atom stereocenters. The van der Waals surface area contributed by atoms with Crippen molar-refractivity contribution >= 4 is 9.73 Å². The number of rotatable bonds is 31. The van der Waals surface area contributed by atoms with E-state index in [0.29, 0.717) is 24.4 Å².